The molecule has 1 aliphatic carbocycles. The SMILES string of the molecule is COc1cccc(C=Cc2oc(=O)c3cc(Cl)ccc3c2-c2ccc(C#N)cc2)c1OCC1CC1. The molecule has 1 aromatic heterocycles. The van der Waals surface area contributed by atoms with Crippen LogP contribution in [0.2, 0.25) is 5.02 Å². The second-order valence-electron chi connectivity index (χ2n) is 8.47. The molecular weight excluding hydrogens is 462 g/mol. The molecule has 0 saturated heterocycles. The molecule has 5 rings (SSSR count). The zero-order chi connectivity index (χ0) is 24.4. The fraction of sp³-hybridized carbons (Fsp3) is 0.172. The number of nitriles is 1. The van der Waals surface area contributed by atoms with Crippen molar-refractivity contribution in [1.82, 2.24) is 0 Å². The average Bonchev–Trinajstić information content (AvgIpc) is 3.71. The van der Waals surface area contributed by atoms with E-state index in [-0.39, 0.29) is 0 Å². The average molecular weight is 484 g/mol. The van der Waals surface area contributed by atoms with Crippen LogP contribution in [0, 0.1) is 17.2 Å². The molecule has 1 heterocycles. The molecule has 0 bridgehead atoms. The highest BCUT2D eigenvalue weighted by Crippen LogP contribution is 2.37. The Hall–Kier alpha value is -4.01. The summed E-state index contributed by atoms with van der Waals surface area (Å²) >= 11 is 6.16. The van der Waals surface area contributed by atoms with Crippen molar-refractivity contribution in [3.05, 3.63) is 93.0 Å². The fourth-order valence-electron chi connectivity index (χ4n) is 4.00. The van der Waals surface area contributed by atoms with Gasteiger partial charge in [-0.05, 0) is 66.8 Å². The summed E-state index contributed by atoms with van der Waals surface area (Å²) in [4.78, 5) is 12.9. The summed E-state index contributed by atoms with van der Waals surface area (Å²) in [6.45, 7) is 0.642. The molecule has 0 radical (unpaired) electrons. The van der Waals surface area contributed by atoms with Gasteiger partial charge in [0.1, 0.15) is 5.76 Å². The van der Waals surface area contributed by atoms with E-state index >= 15 is 0 Å². The van der Waals surface area contributed by atoms with E-state index < -0.39 is 5.63 Å². The van der Waals surface area contributed by atoms with Gasteiger partial charge in [-0.25, -0.2) is 4.79 Å². The minimum atomic E-state index is -0.476. The molecule has 6 heteroatoms. The molecule has 0 atom stereocenters. The first kappa shape index (κ1) is 22.8. The van der Waals surface area contributed by atoms with E-state index in [2.05, 4.69) is 6.07 Å². The molecule has 5 nitrogen and oxygen atoms in total. The minimum Gasteiger partial charge on any atom is -0.493 e. The van der Waals surface area contributed by atoms with Gasteiger partial charge >= 0.3 is 5.63 Å². The Morgan fingerprint density at radius 3 is 2.60 bits per heavy atom. The first-order valence-electron chi connectivity index (χ1n) is 11.3. The molecule has 0 amide bonds. The maximum atomic E-state index is 12.9. The predicted molar refractivity (Wildman–Crippen MR) is 138 cm³/mol. The molecule has 35 heavy (non-hydrogen) atoms. The van der Waals surface area contributed by atoms with Gasteiger partial charge in [-0.3, -0.25) is 0 Å². The van der Waals surface area contributed by atoms with Crippen LogP contribution in [0.4, 0.5) is 0 Å². The standard InChI is InChI=1S/C29H22ClNO4/c1-33-26-4-2-3-21(28(26)34-17-19-5-6-19)11-14-25-27(20-9-7-18(16-31)8-10-20)23-13-12-22(30)15-24(23)29(32)35-25/h2-4,7-15,19H,5-6,17H2,1H3. The van der Waals surface area contributed by atoms with Crippen molar-refractivity contribution >= 4 is 34.5 Å². The lowest BCUT2D eigenvalue weighted by molar-refractivity contribution is 0.280. The molecule has 3 aromatic carbocycles. The molecule has 0 aliphatic heterocycles. The van der Waals surface area contributed by atoms with Crippen LogP contribution in [0.3, 0.4) is 0 Å². The largest absolute Gasteiger partial charge is 0.493 e. The van der Waals surface area contributed by atoms with Crippen LogP contribution < -0.4 is 15.1 Å². The molecule has 1 fully saturated rings. The first-order valence-corrected chi connectivity index (χ1v) is 11.7. The molecule has 4 aromatic rings. The van der Waals surface area contributed by atoms with Gasteiger partial charge in [0.2, 0.25) is 0 Å². The van der Waals surface area contributed by atoms with Gasteiger partial charge in [0.05, 0.1) is 30.7 Å². The summed E-state index contributed by atoms with van der Waals surface area (Å²) in [5.41, 5.74) is 2.44. The Bertz CT molecular complexity index is 1530. The summed E-state index contributed by atoms with van der Waals surface area (Å²) in [6.07, 6.45) is 5.99. The highest BCUT2D eigenvalue weighted by atomic mass is 35.5. The van der Waals surface area contributed by atoms with Gasteiger partial charge in [0, 0.05) is 21.5 Å². The van der Waals surface area contributed by atoms with E-state index in [4.69, 9.17) is 25.5 Å². The summed E-state index contributed by atoms with van der Waals surface area (Å²) in [7, 11) is 1.61. The van der Waals surface area contributed by atoms with Crippen molar-refractivity contribution in [3.63, 3.8) is 0 Å². The van der Waals surface area contributed by atoms with E-state index in [9.17, 15) is 10.1 Å². The van der Waals surface area contributed by atoms with Crippen molar-refractivity contribution in [1.29, 1.82) is 5.26 Å². The van der Waals surface area contributed by atoms with Gasteiger partial charge in [0.25, 0.3) is 0 Å². The number of halogens is 1. The van der Waals surface area contributed by atoms with E-state index in [1.807, 2.05) is 42.5 Å². The van der Waals surface area contributed by atoms with Crippen molar-refractivity contribution in [3.8, 4) is 28.7 Å². The highest BCUT2D eigenvalue weighted by Gasteiger charge is 2.23. The van der Waals surface area contributed by atoms with Gasteiger partial charge in [-0.2, -0.15) is 5.26 Å². The molecular formula is C29H22ClNO4. The van der Waals surface area contributed by atoms with E-state index in [1.165, 1.54) is 12.8 Å². The maximum Gasteiger partial charge on any atom is 0.344 e. The monoisotopic (exact) mass is 483 g/mol. The molecule has 0 unspecified atom stereocenters. The van der Waals surface area contributed by atoms with Crippen molar-refractivity contribution < 1.29 is 13.9 Å². The minimum absolute atomic E-state index is 0.392. The number of para-hydroxylation sites is 1. The third kappa shape index (κ3) is 4.80. The quantitative estimate of drug-likeness (QED) is 0.284. The first-order chi connectivity index (χ1) is 17.1. The molecule has 1 saturated carbocycles. The van der Waals surface area contributed by atoms with Gasteiger partial charge in [0.15, 0.2) is 11.5 Å². The Morgan fingerprint density at radius 1 is 1.09 bits per heavy atom. The third-order valence-corrected chi connectivity index (χ3v) is 6.26. The van der Waals surface area contributed by atoms with Crippen LogP contribution in [0.5, 0.6) is 11.5 Å². The Balaban J connectivity index is 1.65. The van der Waals surface area contributed by atoms with Crippen LogP contribution in [0.25, 0.3) is 34.1 Å². The van der Waals surface area contributed by atoms with Crippen LogP contribution in [-0.2, 0) is 0 Å². The van der Waals surface area contributed by atoms with Crippen molar-refractivity contribution in [2.24, 2.45) is 5.92 Å². The molecule has 1 aliphatic rings. The number of hydrogen-bond acceptors (Lipinski definition) is 5. The molecule has 174 valence electrons. The van der Waals surface area contributed by atoms with E-state index in [0.717, 1.165) is 16.7 Å². The highest BCUT2D eigenvalue weighted by molar-refractivity contribution is 6.31. The number of fused-ring (bicyclic) bond motifs is 1. The lowest BCUT2D eigenvalue weighted by Gasteiger charge is -2.13. The topological polar surface area (TPSA) is 72.5 Å². The number of methoxy groups -OCH3 is 1. The summed E-state index contributed by atoms with van der Waals surface area (Å²) in [6, 6.07) is 20.1. The Labute approximate surface area is 207 Å². The smallest absolute Gasteiger partial charge is 0.344 e. The number of hydrogen-bond donors (Lipinski definition) is 0. The fourth-order valence-corrected chi connectivity index (χ4v) is 4.17. The predicted octanol–water partition coefficient (Wildman–Crippen LogP) is 6.95. The lowest BCUT2D eigenvalue weighted by Crippen LogP contribution is -2.03. The second-order valence-corrected chi connectivity index (χ2v) is 8.91. The number of rotatable bonds is 7. The summed E-state index contributed by atoms with van der Waals surface area (Å²) < 4.78 is 17.4. The van der Waals surface area contributed by atoms with Gasteiger partial charge in [-0.1, -0.05) is 41.9 Å². The van der Waals surface area contributed by atoms with Crippen LogP contribution in [0.1, 0.15) is 29.7 Å². The van der Waals surface area contributed by atoms with Crippen LogP contribution >= 0.6 is 11.6 Å². The third-order valence-electron chi connectivity index (χ3n) is 6.03. The maximum absolute atomic E-state index is 12.9. The summed E-state index contributed by atoms with van der Waals surface area (Å²) in [5, 5.41) is 10.8. The van der Waals surface area contributed by atoms with Gasteiger partial charge in [-0.15, -0.1) is 0 Å². The number of nitrogens with zero attached hydrogens (tertiary/aromatic N) is 1. The summed E-state index contributed by atoms with van der Waals surface area (Å²) in [5.74, 6) is 2.29. The van der Waals surface area contributed by atoms with Crippen LogP contribution in [-0.4, -0.2) is 13.7 Å². The Kier molecular flexibility index (Phi) is 6.31. The van der Waals surface area contributed by atoms with E-state index in [1.54, 1.807) is 37.5 Å². The van der Waals surface area contributed by atoms with Crippen molar-refractivity contribution in [2.45, 2.75) is 12.8 Å². The van der Waals surface area contributed by atoms with Crippen molar-refractivity contribution in [2.75, 3.05) is 13.7 Å². The van der Waals surface area contributed by atoms with Gasteiger partial charge < -0.3 is 13.9 Å². The second kappa shape index (κ2) is 9.69. The Morgan fingerprint density at radius 2 is 1.89 bits per heavy atom. The normalized spacial score (nSPS) is 13.2. The molecule has 0 spiro atoms. The zero-order valence-corrected chi connectivity index (χ0v) is 19.8. The number of ether oxygens (including phenoxy) is 2. The van der Waals surface area contributed by atoms with Crippen LogP contribution in [0.15, 0.2) is 69.9 Å². The van der Waals surface area contributed by atoms with E-state index in [0.29, 0.717) is 51.1 Å². The number of benzene rings is 3. The zero-order valence-electron chi connectivity index (χ0n) is 19.1. The molecule has 0 N–H and O–H groups in total. The lowest BCUT2D eigenvalue weighted by atomic mass is 9.97.